The minimum absolute atomic E-state index is 0.0308. The zero-order chi connectivity index (χ0) is 19.5. The number of carbonyl (C=O) groups is 2. The van der Waals surface area contributed by atoms with E-state index in [9.17, 15) is 23.1 Å². The minimum Gasteiger partial charge on any atom is -0.480 e. The Morgan fingerprint density at radius 3 is 2.31 bits per heavy atom. The first kappa shape index (κ1) is 20.3. The Bertz CT molecular complexity index is 760. The molecule has 1 unspecified atom stereocenters. The van der Waals surface area contributed by atoms with Gasteiger partial charge in [0.2, 0.25) is 15.9 Å². The molecule has 1 aromatic carbocycles. The summed E-state index contributed by atoms with van der Waals surface area (Å²) in [4.78, 5) is 24.8. The fraction of sp³-hybridized carbons (Fsp3) is 0.529. The third kappa shape index (κ3) is 4.22. The van der Waals surface area contributed by atoms with E-state index >= 15 is 0 Å². The van der Waals surface area contributed by atoms with Crippen LogP contribution in [0.25, 0.3) is 0 Å². The number of aliphatic hydroxyl groups is 1. The Hall–Kier alpha value is -1.97. The predicted octanol–water partition coefficient (Wildman–Crippen LogP) is 0.479. The van der Waals surface area contributed by atoms with Crippen LogP contribution in [0.3, 0.4) is 0 Å². The van der Waals surface area contributed by atoms with E-state index in [1.165, 1.54) is 17.0 Å². The molecule has 26 heavy (non-hydrogen) atoms. The number of aliphatic hydroxyl groups excluding tert-OH is 1. The zero-order valence-corrected chi connectivity index (χ0v) is 15.6. The van der Waals surface area contributed by atoms with Gasteiger partial charge in [-0.25, -0.2) is 8.42 Å². The molecule has 0 radical (unpaired) electrons. The highest BCUT2D eigenvalue weighted by molar-refractivity contribution is 7.89. The number of hydrogen-bond donors (Lipinski definition) is 2. The molecule has 0 saturated carbocycles. The number of rotatable bonds is 6. The molecule has 8 nitrogen and oxygen atoms in total. The summed E-state index contributed by atoms with van der Waals surface area (Å²) in [5.74, 6) is -1.45. The average molecular weight is 384 g/mol. The Kier molecular flexibility index (Phi) is 6.38. The largest absolute Gasteiger partial charge is 0.480 e. The lowest BCUT2D eigenvalue weighted by atomic mass is 10.0. The summed E-state index contributed by atoms with van der Waals surface area (Å²) in [6.07, 6.45) is -0.115. The second-order valence-electron chi connectivity index (χ2n) is 6.51. The number of sulfonamides is 1. The Balaban J connectivity index is 2.27. The molecule has 1 fully saturated rings. The molecule has 0 aromatic heterocycles. The van der Waals surface area contributed by atoms with Crippen molar-refractivity contribution in [3.8, 4) is 0 Å². The van der Waals surface area contributed by atoms with E-state index in [1.807, 2.05) is 13.8 Å². The van der Waals surface area contributed by atoms with Crippen LogP contribution in [0.15, 0.2) is 29.2 Å². The summed E-state index contributed by atoms with van der Waals surface area (Å²) in [6.45, 7) is 3.39. The first-order valence-electron chi connectivity index (χ1n) is 8.41. The number of carboxylic acid groups (broad SMARTS) is 1. The number of piperazine rings is 1. The summed E-state index contributed by atoms with van der Waals surface area (Å²) in [6, 6.07) is 5.03. The van der Waals surface area contributed by atoms with Crippen molar-refractivity contribution in [3.63, 3.8) is 0 Å². The van der Waals surface area contributed by atoms with Crippen molar-refractivity contribution in [3.05, 3.63) is 29.8 Å². The van der Waals surface area contributed by atoms with Crippen LogP contribution in [0.5, 0.6) is 0 Å². The van der Waals surface area contributed by atoms with Crippen molar-refractivity contribution in [2.45, 2.75) is 37.1 Å². The van der Waals surface area contributed by atoms with Gasteiger partial charge in [-0.2, -0.15) is 4.31 Å². The maximum absolute atomic E-state index is 12.9. The van der Waals surface area contributed by atoms with Crippen LogP contribution < -0.4 is 0 Å². The fourth-order valence-corrected chi connectivity index (χ4v) is 4.46. The van der Waals surface area contributed by atoms with Gasteiger partial charge in [0.25, 0.3) is 0 Å². The highest BCUT2D eigenvalue weighted by Gasteiger charge is 2.41. The van der Waals surface area contributed by atoms with Crippen molar-refractivity contribution in [2.75, 3.05) is 26.2 Å². The van der Waals surface area contributed by atoms with Gasteiger partial charge in [-0.15, -0.1) is 0 Å². The molecule has 1 aliphatic rings. The van der Waals surface area contributed by atoms with Crippen molar-refractivity contribution < 1.29 is 28.2 Å². The number of nitrogens with zero attached hydrogens (tertiary/aromatic N) is 2. The van der Waals surface area contributed by atoms with Gasteiger partial charge in [-0.3, -0.25) is 9.59 Å². The highest BCUT2D eigenvalue weighted by Crippen LogP contribution is 2.24. The van der Waals surface area contributed by atoms with E-state index < -0.39 is 27.9 Å². The average Bonchev–Trinajstić information content (AvgIpc) is 2.61. The van der Waals surface area contributed by atoms with E-state index in [4.69, 9.17) is 5.11 Å². The summed E-state index contributed by atoms with van der Waals surface area (Å²) < 4.78 is 26.7. The number of amides is 1. The van der Waals surface area contributed by atoms with Gasteiger partial charge < -0.3 is 15.1 Å². The Morgan fingerprint density at radius 2 is 1.81 bits per heavy atom. The second-order valence-corrected chi connectivity index (χ2v) is 8.40. The van der Waals surface area contributed by atoms with Gasteiger partial charge in [-0.05, 0) is 23.6 Å². The van der Waals surface area contributed by atoms with Crippen LogP contribution in [0.2, 0.25) is 0 Å². The summed E-state index contributed by atoms with van der Waals surface area (Å²) in [5, 5.41) is 18.3. The van der Waals surface area contributed by atoms with Crippen LogP contribution >= 0.6 is 0 Å². The summed E-state index contributed by atoms with van der Waals surface area (Å²) in [5.41, 5.74) is 0.984. The first-order chi connectivity index (χ1) is 12.2. The third-order valence-electron chi connectivity index (χ3n) is 4.45. The molecule has 0 spiro atoms. The quantitative estimate of drug-likeness (QED) is 0.737. The zero-order valence-electron chi connectivity index (χ0n) is 14.8. The van der Waals surface area contributed by atoms with E-state index in [0.29, 0.717) is 0 Å². The summed E-state index contributed by atoms with van der Waals surface area (Å²) >= 11 is 0. The van der Waals surface area contributed by atoms with Crippen molar-refractivity contribution >= 4 is 21.9 Å². The van der Waals surface area contributed by atoms with Gasteiger partial charge in [0.05, 0.1) is 11.5 Å². The standard InChI is InChI=1S/C17H24N2O6S/c1-12(2)13-3-5-14(6-4-13)26(24,25)19-9-8-18(16(21)7-10-20)11-15(19)17(22)23/h3-6,12,15,20H,7-11H2,1-2H3,(H,22,23). The van der Waals surface area contributed by atoms with Gasteiger partial charge in [0, 0.05) is 26.1 Å². The van der Waals surface area contributed by atoms with Crippen molar-refractivity contribution in [1.82, 2.24) is 9.21 Å². The van der Waals surface area contributed by atoms with E-state index in [-0.39, 0.29) is 43.5 Å². The highest BCUT2D eigenvalue weighted by atomic mass is 32.2. The van der Waals surface area contributed by atoms with Gasteiger partial charge in [0.15, 0.2) is 0 Å². The Labute approximate surface area is 153 Å². The Morgan fingerprint density at radius 1 is 1.19 bits per heavy atom. The molecule has 0 bridgehead atoms. The van der Waals surface area contributed by atoms with Crippen LogP contribution in [0.1, 0.15) is 31.7 Å². The molecule has 0 aliphatic carbocycles. The SMILES string of the molecule is CC(C)c1ccc(S(=O)(=O)N2CCN(C(=O)CCO)CC2C(=O)O)cc1. The number of aliphatic carboxylic acids is 1. The molecule has 144 valence electrons. The van der Waals surface area contributed by atoms with Crippen molar-refractivity contribution in [1.29, 1.82) is 0 Å². The fourth-order valence-electron chi connectivity index (χ4n) is 2.90. The third-order valence-corrected chi connectivity index (χ3v) is 6.37. The molecule has 2 N–H and O–H groups in total. The monoisotopic (exact) mass is 384 g/mol. The molecule has 1 aromatic rings. The molecule has 1 heterocycles. The number of carbonyl (C=O) groups excluding carboxylic acids is 1. The smallest absolute Gasteiger partial charge is 0.323 e. The topological polar surface area (TPSA) is 115 Å². The summed E-state index contributed by atoms with van der Waals surface area (Å²) in [7, 11) is -3.99. The molecule has 1 aliphatic heterocycles. The lowest BCUT2D eigenvalue weighted by Crippen LogP contribution is -2.59. The molecular weight excluding hydrogens is 360 g/mol. The molecule has 1 amide bonds. The molecule has 9 heteroatoms. The molecular formula is C17H24N2O6S. The maximum atomic E-state index is 12.9. The van der Waals surface area contributed by atoms with E-state index in [2.05, 4.69) is 0 Å². The molecule has 1 atom stereocenters. The lowest BCUT2D eigenvalue weighted by Gasteiger charge is -2.38. The van der Waals surface area contributed by atoms with E-state index in [0.717, 1.165) is 9.87 Å². The minimum atomic E-state index is -3.99. The normalized spacial score (nSPS) is 18.9. The van der Waals surface area contributed by atoms with Gasteiger partial charge in [0.1, 0.15) is 6.04 Å². The van der Waals surface area contributed by atoms with Crippen molar-refractivity contribution in [2.24, 2.45) is 0 Å². The second kappa shape index (κ2) is 8.15. The first-order valence-corrected chi connectivity index (χ1v) is 9.85. The number of benzene rings is 1. The molecule has 2 rings (SSSR count). The van der Waals surface area contributed by atoms with Gasteiger partial charge >= 0.3 is 5.97 Å². The number of carboxylic acids is 1. The van der Waals surface area contributed by atoms with Crippen LogP contribution in [-0.2, 0) is 19.6 Å². The number of hydrogen-bond acceptors (Lipinski definition) is 5. The lowest BCUT2D eigenvalue weighted by molar-refractivity contribution is -0.145. The van der Waals surface area contributed by atoms with E-state index in [1.54, 1.807) is 12.1 Å². The van der Waals surface area contributed by atoms with Crippen LogP contribution in [0.4, 0.5) is 0 Å². The maximum Gasteiger partial charge on any atom is 0.323 e. The predicted molar refractivity (Wildman–Crippen MR) is 94.1 cm³/mol. The van der Waals surface area contributed by atoms with Crippen LogP contribution in [0, 0.1) is 0 Å². The van der Waals surface area contributed by atoms with Gasteiger partial charge in [-0.1, -0.05) is 26.0 Å². The van der Waals surface area contributed by atoms with Crippen LogP contribution in [-0.4, -0.2) is 72.0 Å². The molecule has 1 saturated heterocycles.